The van der Waals surface area contributed by atoms with E-state index in [0.29, 0.717) is 24.2 Å². The van der Waals surface area contributed by atoms with Gasteiger partial charge in [-0.25, -0.2) is 4.98 Å². The Morgan fingerprint density at radius 2 is 1.96 bits per heavy atom. The van der Waals surface area contributed by atoms with E-state index in [-0.39, 0.29) is 17.9 Å². The number of carboxylic acid groups (broad SMARTS) is 1. The molecule has 0 fully saturated rings. The average Bonchev–Trinajstić information content (AvgIpc) is 3.07. The van der Waals surface area contributed by atoms with E-state index in [2.05, 4.69) is 19.1 Å². The van der Waals surface area contributed by atoms with E-state index in [1.165, 1.54) is 16.9 Å². The molecular formula is C21H24N2O3S. The second-order valence-electron chi connectivity index (χ2n) is 6.96. The lowest BCUT2D eigenvalue weighted by molar-refractivity contribution is -0.137. The number of rotatable bonds is 7. The maximum absolute atomic E-state index is 13.3. The third kappa shape index (κ3) is 3.95. The van der Waals surface area contributed by atoms with Gasteiger partial charge in [0, 0.05) is 29.8 Å². The minimum Gasteiger partial charge on any atom is -0.481 e. The monoisotopic (exact) mass is 384 g/mol. The Hall–Kier alpha value is -2.47. The molecule has 0 aliphatic rings. The largest absolute Gasteiger partial charge is 0.481 e. The molecular weight excluding hydrogens is 360 g/mol. The van der Waals surface area contributed by atoms with Gasteiger partial charge in [-0.1, -0.05) is 45.0 Å². The molecule has 0 saturated carbocycles. The molecule has 2 aromatic heterocycles. The highest BCUT2D eigenvalue weighted by Gasteiger charge is 2.18. The van der Waals surface area contributed by atoms with Crippen LogP contribution in [0.5, 0.6) is 0 Å². The molecule has 1 aromatic carbocycles. The summed E-state index contributed by atoms with van der Waals surface area (Å²) in [5, 5.41) is 11.5. The second-order valence-corrected chi connectivity index (χ2v) is 7.82. The van der Waals surface area contributed by atoms with Crippen LogP contribution in [0.25, 0.3) is 21.3 Å². The summed E-state index contributed by atoms with van der Waals surface area (Å²) in [5.74, 6) is -0.0515. The van der Waals surface area contributed by atoms with Gasteiger partial charge in [0.15, 0.2) is 0 Å². The SMILES string of the molecule is CCc1ccc(-c2csc3nc(C(C)C)n(CCCC(=O)O)c(=O)c23)cc1. The van der Waals surface area contributed by atoms with Crippen LogP contribution >= 0.6 is 11.3 Å². The second kappa shape index (κ2) is 8.05. The fourth-order valence-electron chi connectivity index (χ4n) is 3.22. The maximum Gasteiger partial charge on any atom is 0.303 e. The van der Waals surface area contributed by atoms with Crippen LogP contribution in [0.4, 0.5) is 0 Å². The van der Waals surface area contributed by atoms with Gasteiger partial charge in [-0.3, -0.25) is 14.2 Å². The zero-order valence-corrected chi connectivity index (χ0v) is 16.7. The number of aliphatic carboxylic acids is 1. The number of fused-ring (bicyclic) bond motifs is 1. The molecule has 0 spiro atoms. The molecule has 142 valence electrons. The Morgan fingerprint density at radius 3 is 2.56 bits per heavy atom. The Balaban J connectivity index is 2.12. The van der Waals surface area contributed by atoms with Gasteiger partial charge >= 0.3 is 5.97 Å². The summed E-state index contributed by atoms with van der Waals surface area (Å²) in [6.45, 7) is 6.48. The summed E-state index contributed by atoms with van der Waals surface area (Å²) >= 11 is 1.48. The highest BCUT2D eigenvalue weighted by Crippen LogP contribution is 2.32. The van der Waals surface area contributed by atoms with Gasteiger partial charge in [0.25, 0.3) is 5.56 Å². The molecule has 27 heavy (non-hydrogen) atoms. The number of carbonyl (C=O) groups is 1. The lowest BCUT2D eigenvalue weighted by atomic mass is 10.0. The number of aryl methyl sites for hydroxylation is 1. The van der Waals surface area contributed by atoms with Crippen molar-refractivity contribution in [2.24, 2.45) is 0 Å². The Labute approximate surface area is 162 Å². The normalized spacial score (nSPS) is 11.4. The molecule has 5 nitrogen and oxygen atoms in total. The van der Waals surface area contributed by atoms with E-state index >= 15 is 0 Å². The van der Waals surface area contributed by atoms with Crippen molar-refractivity contribution < 1.29 is 9.90 Å². The Bertz CT molecular complexity index is 1020. The van der Waals surface area contributed by atoms with Gasteiger partial charge < -0.3 is 5.11 Å². The molecule has 0 aliphatic heterocycles. The van der Waals surface area contributed by atoms with Gasteiger partial charge in [-0.2, -0.15) is 0 Å². The van der Waals surface area contributed by atoms with E-state index in [1.807, 2.05) is 31.4 Å². The zero-order valence-electron chi connectivity index (χ0n) is 15.9. The number of aromatic nitrogens is 2. The van der Waals surface area contributed by atoms with Crippen LogP contribution in [0.1, 0.15) is 50.9 Å². The van der Waals surface area contributed by atoms with Crippen LogP contribution in [0, 0.1) is 0 Å². The molecule has 3 aromatic rings. The summed E-state index contributed by atoms with van der Waals surface area (Å²) in [6.07, 6.45) is 1.42. The number of thiophene rings is 1. The summed E-state index contributed by atoms with van der Waals surface area (Å²) in [7, 11) is 0. The molecule has 0 saturated heterocycles. The average molecular weight is 385 g/mol. The van der Waals surface area contributed by atoms with Crippen molar-refractivity contribution in [1.82, 2.24) is 9.55 Å². The molecule has 2 heterocycles. The van der Waals surface area contributed by atoms with Gasteiger partial charge in [0.1, 0.15) is 10.7 Å². The van der Waals surface area contributed by atoms with Crippen molar-refractivity contribution in [3.63, 3.8) is 0 Å². The fraction of sp³-hybridized carbons (Fsp3) is 0.381. The first-order chi connectivity index (χ1) is 12.9. The first kappa shape index (κ1) is 19.3. The van der Waals surface area contributed by atoms with Crippen molar-refractivity contribution in [3.05, 3.63) is 51.4 Å². The first-order valence-electron chi connectivity index (χ1n) is 9.25. The smallest absolute Gasteiger partial charge is 0.303 e. The summed E-state index contributed by atoms with van der Waals surface area (Å²) in [4.78, 5) is 29.6. The van der Waals surface area contributed by atoms with Gasteiger partial charge in [0.2, 0.25) is 0 Å². The number of nitrogens with zero attached hydrogens (tertiary/aromatic N) is 2. The van der Waals surface area contributed by atoms with Crippen molar-refractivity contribution in [3.8, 4) is 11.1 Å². The minimum absolute atomic E-state index is 0.0387. The fourth-order valence-corrected chi connectivity index (χ4v) is 4.16. The van der Waals surface area contributed by atoms with Crippen LogP contribution in [0.3, 0.4) is 0 Å². The van der Waals surface area contributed by atoms with E-state index in [4.69, 9.17) is 10.1 Å². The first-order valence-corrected chi connectivity index (χ1v) is 10.1. The van der Waals surface area contributed by atoms with Gasteiger partial charge in [-0.05, 0) is 24.0 Å². The highest BCUT2D eigenvalue weighted by molar-refractivity contribution is 7.17. The standard InChI is InChI=1S/C21H24N2O3S/c1-4-14-7-9-15(10-8-14)16-12-27-20-18(16)21(26)23(11-5-6-17(24)25)19(22-20)13(2)3/h7-10,12-13H,4-6,11H2,1-3H3,(H,24,25). The number of carboxylic acids is 1. The summed E-state index contributed by atoms with van der Waals surface area (Å²) in [5.41, 5.74) is 3.08. The lowest BCUT2D eigenvalue weighted by Gasteiger charge is -2.15. The van der Waals surface area contributed by atoms with Crippen LogP contribution in [-0.2, 0) is 17.8 Å². The topological polar surface area (TPSA) is 72.2 Å². The van der Waals surface area contributed by atoms with Gasteiger partial charge in [0.05, 0.1) is 5.39 Å². The predicted octanol–water partition coefficient (Wildman–Crippen LogP) is 4.68. The quantitative estimate of drug-likeness (QED) is 0.642. The maximum atomic E-state index is 13.3. The van der Waals surface area contributed by atoms with Crippen molar-refractivity contribution in [2.45, 2.75) is 52.5 Å². The van der Waals surface area contributed by atoms with Crippen LogP contribution < -0.4 is 5.56 Å². The van der Waals surface area contributed by atoms with Crippen molar-refractivity contribution >= 4 is 27.5 Å². The van der Waals surface area contributed by atoms with Crippen LogP contribution in [0.15, 0.2) is 34.4 Å². The van der Waals surface area contributed by atoms with E-state index < -0.39 is 5.97 Å². The molecule has 0 amide bonds. The summed E-state index contributed by atoms with van der Waals surface area (Å²) < 4.78 is 1.66. The number of hydrogen-bond donors (Lipinski definition) is 1. The zero-order chi connectivity index (χ0) is 19.6. The lowest BCUT2D eigenvalue weighted by Crippen LogP contribution is -2.26. The Morgan fingerprint density at radius 1 is 1.26 bits per heavy atom. The van der Waals surface area contributed by atoms with Crippen molar-refractivity contribution in [1.29, 1.82) is 0 Å². The number of benzene rings is 1. The molecule has 6 heteroatoms. The molecule has 0 unspecified atom stereocenters. The van der Waals surface area contributed by atoms with E-state index in [9.17, 15) is 9.59 Å². The third-order valence-corrected chi connectivity index (χ3v) is 5.56. The van der Waals surface area contributed by atoms with E-state index in [1.54, 1.807) is 4.57 Å². The molecule has 0 radical (unpaired) electrons. The van der Waals surface area contributed by atoms with Crippen LogP contribution in [0.2, 0.25) is 0 Å². The molecule has 1 N–H and O–H groups in total. The van der Waals surface area contributed by atoms with Gasteiger partial charge in [-0.15, -0.1) is 11.3 Å². The minimum atomic E-state index is -0.851. The summed E-state index contributed by atoms with van der Waals surface area (Å²) in [6, 6.07) is 8.26. The number of hydrogen-bond acceptors (Lipinski definition) is 4. The molecule has 0 aliphatic carbocycles. The predicted molar refractivity (Wildman–Crippen MR) is 110 cm³/mol. The molecule has 0 bridgehead atoms. The van der Waals surface area contributed by atoms with Crippen LogP contribution in [-0.4, -0.2) is 20.6 Å². The Kier molecular flexibility index (Phi) is 5.75. The van der Waals surface area contributed by atoms with E-state index in [0.717, 1.165) is 22.4 Å². The molecule has 0 atom stereocenters. The molecule has 3 rings (SSSR count). The third-order valence-electron chi connectivity index (χ3n) is 4.69. The van der Waals surface area contributed by atoms with Crippen molar-refractivity contribution in [2.75, 3.05) is 0 Å². The highest BCUT2D eigenvalue weighted by atomic mass is 32.1.